The van der Waals surface area contributed by atoms with E-state index in [1.807, 2.05) is 0 Å². The number of aromatic carboxylic acids is 1. The van der Waals surface area contributed by atoms with Crippen LogP contribution in [0.2, 0.25) is 0 Å². The first kappa shape index (κ1) is 12.6. The van der Waals surface area contributed by atoms with Gasteiger partial charge in [0.15, 0.2) is 0 Å². The molecule has 0 saturated carbocycles. The maximum atomic E-state index is 11.5. The maximum absolute atomic E-state index is 11.5. The summed E-state index contributed by atoms with van der Waals surface area (Å²) in [6, 6.07) is 4.03. The summed E-state index contributed by atoms with van der Waals surface area (Å²) in [5.74, 6) is -1.60. The number of hydrogen-bond acceptors (Lipinski definition) is 4. The van der Waals surface area contributed by atoms with Crippen molar-refractivity contribution in [3.63, 3.8) is 0 Å². The minimum atomic E-state index is -1.25. The molecule has 0 fully saturated rings. The van der Waals surface area contributed by atoms with E-state index in [4.69, 9.17) is 5.11 Å². The van der Waals surface area contributed by atoms with Crippen LogP contribution in [0.15, 0.2) is 34.0 Å². The number of carboxylic acid groups (broad SMARTS) is 1. The van der Waals surface area contributed by atoms with Crippen molar-refractivity contribution < 1.29 is 15.0 Å². The molecule has 0 bridgehead atoms. The smallest absolute Gasteiger partial charge is 0.339 e. The summed E-state index contributed by atoms with van der Waals surface area (Å²) in [5, 5.41) is 18.2. The number of H-pyrrole nitrogens is 2. The van der Waals surface area contributed by atoms with Gasteiger partial charge in [-0.3, -0.25) is 9.78 Å². The van der Waals surface area contributed by atoms with E-state index >= 15 is 0 Å². The molecule has 1 aromatic heterocycles. The lowest BCUT2D eigenvalue weighted by atomic mass is 10.0. The van der Waals surface area contributed by atoms with Gasteiger partial charge >= 0.3 is 11.7 Å². The van der Waals surface area contributed by atoms with Gasteiger partial charge in [0.1, 0.15) is 11.3 Å². The molecule has 0 saturated heterocycles. The number of aromatic hydroxyl groups is 1. The highest BCUT2D eigenvalue weighted by atomic mass is 16.4. The van der Waals surface area contributed by atoms with Crippen molar-refractivity contribution >= 4 is 5.97 Å². The molecular formula is C12H10N2O5. The van der Waals surface area contributed by atoms with Gasteiger partial charge in [0.05, 0.1) is 0 Å². The molecule has 1 heterocycles. The fraction of sp³-hybridized carbons (Fsp3) is 0.0833. The molecule has 0 atom stereocenters. The van der Waals surface area contributed by atoms with Gasteiger partial charge in [0.2, 0.25) is 0 Å². The zero-order valence-corrected chi connectivity index (χ0v) is 9.64. The van der Waals surface area contributed by atoms with Crippen molar-refractivity contribution in [2.75, 3.05) is 0 Å². The highest BCUT2D eigenvalue weighted by Crippen LogP contribution is 2.19. The number of aromatic amines is 2. The van der Waals surface area contributed by atoms with E-state index in [0.717, 1.165) is 0 Å². The second-order valence-electron chi connectivity index (χ2n) is 3.93. The summed E-state index contributed by atoms with van der Waals surface area (Å²) in [4.78, 5) is 37.6. The molecule has 2 rings (SSSR count). The molecule has 98 valence electrons. The fourth-order valence-electron chi connectivity index (χ4n) is 1.65. The number of phenols is 1. The maximum Gasteiger partial charge on any atom is 0.339 e. The van der Waals surface area contributed by atoms with Crippen LogP contribution in [0.1, 0.15) is 21.5 Å². The van der Waals surface area contributed by atoms with Crippen molar-refractivity contribution in [3.05, 3.63) is 61.9 Å². The van der Waals surface area contributed by atoms with Crippen LogP contribution in [0.5, 0.6) is 5.75 Å². The topological polar surface area (TPSA) is 123 Å². The lowest BCUT2D eigenvalue weighted by Crippen LogP contribution is -2.24. The van der Waals surface area contributed by atoms with Crippen molar-refractivity contribution in [2.45, 2.75) is 6.42 Å². The van der Waals surface area contributed by atoms with Gasteiger partial charge in [-0.05, 0) is 17.7 Å². The number of aromatic nitrogens is 2. The van der Waals surface area contributed by atoms with Crippen LogP contribution in [0.3, 0.4) is 0 Å². The predicted octanol–water partition coefficient (Wildman–Crippen LogP) is 0.0578. The van der Waals surface area contributed by atoms with Gasteiger partial charge in [-0.2, -0.15) is 0 Å². The van der Waals surface area contributed by atoms with E-state index in [1.54, 1.807) is 0 Å². The first-order chi connectivity index (χ1) is 8.97. The Morgan fingerprint density at radius 3 is 2.63 bits per heavy atom. The third-order valence-electron chi connectivity index (χ3n) is 2.58. The van der Waals surface area contributed by atoms with Crippen LogP contribution < -0.4 is 11.2 Å². The number of benzene rings is 1. The quantitative estimate of drug-likeness (QED) is 0.622. The van der Waals surface area contributed by atoms with E-state index in [-0.39, 0.29) is 17.7 Å². The molecule has 0 aliphatic rings. The average molecular weight is 262 g/mol. The van der Waals surface area contributed by atoms with Crippen LogP contribution >= 0.6 is 0 Å². The van der Waals surface area contributed by atoms with E-state index in [0.29, 0.717) is 11.1 Å². The molecule has 19 heavy (non-hydrogen) atoms. The van der Waals surface area contributed by atoms with Crippen LogP contribution in [0.4, 0.5) is 0 Å². The Balaban J connectivity index is 2.39. The SMILES string of the molecule is O=C(O)c1cc(Cc2c[nH]c(=O)[nH]c2=O)ccc1O. The first-order valence-electron chi connectivity index (χ1n) is 5.33. The van der Waals surface area contributed by atoms with Crippen molar-refractivity contribution in [1.29, 1.82) is 0 Å². The van der Waals surface area contributed by atoms with Gasteiger partial charge in [-0.15, -0.1) is 0 Å². The minimum absolute atomic E-state index is 0.146. The number of carbonyl (C=O) groups is 1. The Morgan fingerprint density at radius 1 is 1.26 bits per heavy atom. The summed E-state index contributed by atoms with van der Waals surface area (Å²) >= 11 is 0. The lowest BCUT2D eigenvalue weighted by molar-refractivity contribution is 0.0693. The number of hydrogen-bond donors (Lipinski definition) is 4. The molecule has 7 nitrogen and oxygen atoms in total. The van der Waals surface area contributed by atoms with Gasteiger partial charge in [0, 0.05) is 18.2 Å². The third-order valence-corrected chi connectivity index (χ3v) is 2.58. The summed E-state index contributed by atoms with van der Waals surface area (Å²) in [5.41, 5.74) is -0.549. The molecule has 0 aliphatic carbocycles. The Labute approximate surface area is 106 Å². The third kappa shape index (κ3) is 2.71. The van der Waals surface area contributed by atoms with Gasteiger partial charge in [-0.25, -0.2) is 9.59 Å². The Bertz CT molecular complexity index is 744. The predicted molar refractivity (Wildman–Crippen MR) is 65.6 cm³/mol. The molecule has 1 aromatic carbocycles. The highest BCUT2D eigenvalue weighted by Gasteiger charge is 2.11. The highest BCUT2D eigenvalue weighted by molar-refractivity contribution is 5.90. The largest absolute Gasteiger partial charge is 0.507 e. The van der Waals surface area contributed by atoms with Crippen molar-refractivity contribution in [3.8, 4) is 5.75 Å². The molecule has 4 N–H and O–H groups in total. The Hall–Kier alpha value is -2.83. The summed E-state index contributed by atoms with van der Waals surface area (Å²) < 4.78 is 0. The summed E-state index contributed by atoms with van der Waals surface area (Å²) in [6.45, 7) is 0. The Kier molecular flexibility index (Phi) is 3.19. The van der Waals surface area contributed by atoms with E-state index in [2.05, 4.69) is 9.97 Å². The number of carboxylic acids is 1. The fourth-order valence-corrected chi connectivity index (χ4v) is 1.65. The van der Waals surface area contributed by atoms with Crippen LogP contribution in [0.25, 0.3) is 0 Å². The molecule has 0 radical (unpaired) electrons. The van der Waals surface area contributed by atoms with E-state index < -0.39 is 17.2 Å². The number of nitrogens with one attached hydrogen (secondary N) is 2. The average Bonchev–Trinajstić information content (AvgIpc) is 2.34. The second kappa shape index (κ2) is 4.81. The van der Waals surface area contributed by atoms with Crippen LogP contribution in [0, 0.1) is 0 Å². The molecular weight excluding hydrogens is 252 g/mol. The normalized spacial score (nSPS) is 10.3. The van der Waals surface area contributed by atoms with E-state index in [1.165, 1.54) is 24.4 Å². The van der Waals surface area contributed by atoms with Gasteiger partial charge in [-0.1, -0.05) is 6.07 Å². The first-order valence-corrected chi connectivity index (χ1v) is 5.33. The molecule has 0 spiro atoms. The van der Waals surface area contributed by atoms with Crippen LogP contribution in [-0.2, 0) is 6.42 Å². The lowest BCUT2D eigenvalue weighted by Gasteiger charge is -2.04. The molecule has 0 aliphatic heterocycles. The monoisotopic (exact) mass is 262 g/mol. The Morgan fingerprint density at radius 2 is 2.00 bits per heavy atom. The molecule has 2 aromatic rings. The minimum Gasteiger partial charge on any atom is -0.507 e. The molecule has 7 heteroatoms. The summed E-state index contributed by atoms with van der Waals surface area (Å²) in [7, 11) is 0. The van der Waals surface area contributed by atoms with E-state index in [9.17, 15) is 19.5 Å². The molecule has 0 amide bonds. The van der Waals surface area contributed by atoms with Gasteiger partial charge in [0.25, 0.3) is 5.56 Å². The molecule has 0 unspecified atom stereocenters. The summed E-state index contributed by atoms with van der Waals surface area (Å²) in [6.07, 6.45) is 1.42. The zero-order valence-electron chi connectivity index (χ0n) is 9.64. The van der Waals surface area contributed by atoms with Crippen molar-refractivity contribution in [2.24, 2.45) is 0 Å². The standard InChI is InChI=1S/C12H10N2O5/c15-9-2-1-6(4-8(9)11(17)18)3-7-5-13-12(19)14-10(7)16/h1-2,4-5,15H,3H2,(H,17,18)(H2,13,14,16,19). The van der Waals surface area contributed by atoms with Crippen molar-refractivity contribution in [1.82, 2.24) is 9.97 Å². The van der Waals surface area contributed by atoms with Crippen LogP contribution in [-0.4, -0.2) is 26.2 Å². The zero-order chi connectivity index (χ0) is 14.0. The second-order valence-corrected chi connectivity index (χ2v) is 3.93. The van der Waals surface area contributed by atoms with Gasteiger partial charge < -0.3 is 15.2 Å². The number of rotatable bonds is 3.